The highest BCUT2D eigenvalue weighted by molar-refractivity contribution is 5.95. The maximum atomic E-state index is 13.3. The number of piperidine rings is 1. The smallest absolute Gasteiger partial charge is 0.253 e. The molecule has 1 fully saturated rings. The summed E-state index contributed by atoms with van der Waals surface area (Å²) in [6.07, 6.45) is 1.50. The van der Waals surface area contributed by atoms with Crippen molar-refractivity contribution in [1.29, 1.82) is 0 Å². The number of carbonyl (C=O) groups is 2. The van der Waals surface area contributed by atoms with Crippen molar-refractivity contribution in [2.24, 2.45) is 0 Å². The molecule has 0 radical (unpaired) electrons. The third kappa shape index (κ3) is 4.02. The van der Waals surface area contributed by atoms with Gasteiger partial charge in [0.15, 0.2) is 11.6 Å². The van der Waals surface area contributed by atoms with Crippen molar-refractivity contribution in [1.82, 2.24) is 10.2 Å². The van der Waals surface area contributed by atoms with Crippen LogP contribution in [0.25, 0.3) is 0 Å². The first-order valence-electron chi connectivity index (χ1n) is 8.15. The molecule has 0 unspecified atom stereocenters. The van der Waals surface area contributed by atoms with E-state index in [9.17, 15) is 18.4 Å². The summed E-state index contributed by atoms with van der Waals surface area (Å²) in [5, 5.41) is 2.80. The quantitative estimate of drug-likeness (QED) is 0.931. The first-order chi connectivity index (χ1) is 12.0. The van der Waals surface area contributed by atoms with E-state index in [2.05, 4.69) is 5.32 Å². The Morgan fingerprint density at radius 3 is 2.48 bits per heavy atom. The van der Waals surface area contributed by atoms with E-state index in [0.29, 0.717) is 18.7 Å². The standard InChI is InChI=1S/C19H18F2N2O2/c20-16-9-8-14(11-17(16)21)18(24)22-15-7-4-10-23(12-15)19(25)13-5-2-1-3-6-13/h1-3,5-6,8-9,11,15H,4,7,10,12H2,(H,22,24)/t15-/m0/s1. The molecule has 1 aliphatic rings. The predicted octanol–water partition coefficient (Wildman–Crippen LogP) is 3.00. The molecule has 1 aliphatic heterocycles. The number of hydrogen-bond donors (Lipinski definition) is 1. The predicted molar refractivity (Wildman–Crippen MR) is 89.2 cm³/mol. The van der Waals surface area contributed by atoms with Crippen LogP contribution in [-0.4, -0.2) is 35.8 Å². The van der Waals surface area contributed by atoms with E-state index in [0.717, 1.165) is 25.0 Å². The van der Waals surface area contributed by atoms with Crippen LogP contribution in [0.4, 0.5) is 8.78 Å². The van der Waals surface area contributed by atoms with Crippen LogP contribution in [0.15, 0.2) is 48.5 Å². The third-order valence-corrected chi connectivity index (χ3v) is 4.25. The van der Waals surface area contributed by atoms with Gasteiger partial charge in [0, 0.05) is 30.3 Å². The zero-order valence-electron chi connectivity index (χ0n) is 13.5. The van der Waals surface area contributed by atoms with Crippen LogP contribution in [0.5, 0.6) is 0 Å². The number of amides is 2. The molecule has 1 atom stereocenters. The zero-order chi connectivity index (χ0) is 17.8. The van der Waals surface area contributed by atoms with Crippen molar-refractivity contribution in [3.63, 3.8) is 0 Å². The van der Waals surface area contributed by atoms with E-state index in [1.807, 2.05) is 6.07 Å². The lowest BCUT2D eigenvalue weighted by atomic mass is 10.0. The van der Waals surface area contributed by atoms with E-state index in [-0.39, 0.29) is 17.5 Å². The van der Waals surface area contributed by atoms with Gasteiger partial charge in [-0.05, 0) is 43.2 Å². The van der Waals surface area contributed by atoms with Crippen LogP contribution in [0.2, 0.25) is 0 Å². The zero-order valence-corrected chi connectivity index (χ0v) is 13.5. The maximum absolute atomic E-state index is 13.3. The lowest BCUT2D eigenvalue weighted by Crippen LogP contribution is -2.49. The molecule has 4 nitrogen and oxygen atoms in total. The van der Waals surface area contributed by atoms with Gasteiger partial charge in [0.1, 0.15) is 0 Å². The Morgan fingerprint density at radius 2 is 1.76 bits per heavy atom. The van der Waals surface area contributed by atoms with Crippen LogP contribution in [0.1, 0.15) is 33.6 Å². The van der Waals surface area contributed by atoms with E-state index < -0.39 is 17.5 Å². The van der Waals surface area contributed by atoms with Gasteiger partial charge in [-0.25, -0.2) is 8.78 Å². The Labute approximate surface area is 144 Å². The average molecular weight is 344 g/mol. The first-order valence-corrected chi connectivity index (χ1v) is 8.15. The van der Waals surface area contributed by atoms with Crippen LogP contribution in [0, 0.1) is 11.6 Å². The number of likely N-dealkylation sites (tertiary alicyclic amines) is 1. The molecule has 1 saturated heterocycles. The second kappa shape index (κ2) is 7.42. The van der Waals surface area contributed by atoms with Crippen molar-refractivity contribution < 1.29 is 18.4 Å². The molecular weight excluding hydrogens is 326 g/mol. The molecule has 0 aromatic heterocycles. The summed E-state index contributed by atoms with van der Waals surface area (Å²) >= 11 is 0. The molecule has 25 heavy (non-hydrogen) atoms. The van der Waals surface area contributed by atoms with E-state index >= 15 is 0 Å². The lowest BCUT2D eigenvalue weighted by Gasteiger charge is -2.33. The number of rotatable bonds is 3. The van der Waals surface area contributed by atoms with Gasteiger partial charge in [0.25, 0.3) is 11.8 Å². The van der Waals surface area contributed by atoms with Gasteiger partial charge >= 0.3 is 0 Å². The Morgan fingerprint density at radius 1 is 1.00 bits per heavy atom. The largest absolute Gasteiger partial charge is 0.348 e. The molecule has 3 rings (SSSR count). The number of halogens is 2. The van der Waals surface area contributed by atoms with Crippen LogP contribution >= 0.6 is 0 Å². The number of nitrogens with zero attached hydrogens (tertiary/aromatic N) is 1. The van der Waals surface area contributed by atoms with Crippen molar-refractivity contribution in [3.8, 4) is 0 Å². The SMILES string of the molecule is O=C(N[C@H]1CCCN(C(=O)c2ccccc2)C1)c1ccc(F)c(F)c1. The fourth-order valence-corrected chi connectivity index (χ4v) is 2.95. The van der Waals surface area contributed by atoms with Gasteiger partial charge in [-0.3, -0.25) is 9.59 Å². The number of nitrogens with one attached hydrogen (secondary N) is 1. The Bertz CT molecular complexity index is 780. The second-order valence-electron chi connectivity index (χ2n) is 6.06. The third-order valence-electron chi connectivity index (χ3n) is 4.25. The minimum absolute atomic E-state index is 0.0606. The van der Waals surface area contributed by atoms with Gasteiger partial charge < -0.3 is 10.2 Å². The number of benzene rings is 2. The molecule has 0 bridgehead atoms. The van der Waals surface area contributed by atoms with Gasteiger partial charge in [-0.2, -0.15) is 0 Å². The number of hydrogen-bond acceptors (Lipinski definition) is 2. The topological polar surface area (TPSA) is 49.4 Å². The molecule has 0 spiro atoms. The molecule has 2 aromatic carbocycles. The highest BCUT2D eigenvalue weighted by atomic mass is 19.2. The molecule has 1 N–H and O–H groups in total. The van der Waals surface area contributed by atoms with E-state index in [1.54, 1.807) is 29.2 Å². The molecule has 1 heterocycles. The summed E-state index contributed by atoms with van der Waals surface area (Å²) in [4.78, 5) is 26.4. The summed E-state index contributed by atoms with van der Waals surface area (Å²) in [6.45, 7) is 1.02. The summed E-state index contributed by atoms with van der Waals surface area (Å²) in [6, 6.07) is 11.8. The lowest BCUT2D eigenvalue weighted by molar-refractivity contribution is 0.0676. The van der Waals surface area contributed by atoms with Crippen LogP contribution in [0.3, 0.4) is 0 Å². The maximum Gasteiger partial charge on any atom is 0.253 e. The Balaban J connectivity index is 1.64. The van der Waals surface area contributed by atoms with Crippen molar-refractivity contribution >= 4 is 11.8 Å². The van der Waals surface area contributed by atoms with E-state index in [4.69, 9.17) is 0 Å². The second-order valence-corrected chi connectivity index (χ2v) is 6.06. The molecule has 130 valence electrons. The molecular formula is C19H18F2N2O2. The van der Waals surface area contributed by atoms with Gasteiger partial charge in [0.2, 0.25) is 0 Å². The normalized spacial score (nSPS) is 17.2. The average Bonchev–Trinajstić information content (AvgIpc) is 2.64. The monoisotopic (exact) mass is 344 g/mol. The van der Waals surface area contributed by atoms with Crippen molar-refractivity contribution in [3.05, 3.63) is 71.3 Å². The van der Waals surface area contributed by atoms with Crippen molar-refractivity contribution in [2.45, 2.75) is 18.9 Å². The summed E-state index contributed by atoms with van der Waals surface area (Å²) in [7, 11) is 0. The Hall–Kier alpha value is -2.76. The fraction of sp³-hybridized carbons (Fsp3) is 0.263. The highest BCUT2D eigenvalue weighted by Crippen LogP contribution is 2.15. The van der Waals surface area contributed by atoms with Crippen LogP contribution in [-0.2, 0) is 0 Å². The summed E-state index contributed by atoms with van der Waals surface area (Å²) in [5.41, 5.74) is 0.667. The summed E-state index contributed by atoms with van der Waals surface area (Å²) in [5.74, 6) is -2.60. The summed E-state index contributed by atoms with van der Waals surface area (Å²) < 4.78 is 26.2. The Kier molecular flexibility index (Phi) is 5.07. The molecule has 0 saturated carbocycles. The molecule has 6 heteroatoms. The minimum Gasteiger partial charge on any atom is -0.348 e. The number of carbonyl (C=O) groups excluding carboxylic acids is 2. The van der Waals surface area contributed by atoms with E-state index in [1.165, 1.54) is 6.07 Å². The van der Waals surface area contributed by atoms with Gasteiger partial charge in [0.05, 0.1) is 0 Å². The molecule has 2 aromatic rings. The van der Waals surface area contributed by atoms with Crippen LogP contribution < -0.4 is 5.32 Å². The minimum atomic E-state index is -1.06. The molecule has 2 amide bonds. The van der Waals surface area contributed by atoms with Gasteiger partial charge in [-0.15, -0.1) is 0 Å². The van der Waals surface area contributed by atoms with Gasteiger partial charge in [-0.1, -0.05) is 18.2 Å². The fourth-order valence-electron chi connectivity index (χ4n) is 2.95. The molecule has 0 aliphatic carbocycles. The first kappa shape index (κ1) is 17.1. The highest BCUT2D eigenvalue weighted by Gasteiger charge is 2.25. The van der Waals surface area contributed by atoms with Crippen molar-refractivity contribution in [2.75, 3.05) is 13.1 Å².